The second-order valence-electron chi connectivity index (χ2n) is 4.76. The highest BCUT2D eigenvalue weighted by Gasteiger charge is 2.11. The van der Waals surface area contributed by atoms with Gasteiger partial charge in [-0.15, -0.1) is 0 Å². The van der Waals surface area contributed by atoms with Crippen LogP contribution < -0.4 is 16.0 Å². The summed E-state index contributed by atoms with van der Waals surface area (Å²) in [5, 5.41) is 0. The Bertz CT molecular complexity index is 341. The number of hydrazine groups is 1. The Morgan fingerprint density at radius 3 is 2.42 bits per heavy atom. The Hall–Kier alpha value is -1.10. The summed E-state index contributed by atoms with van der Waals surface area (Å²) in [6.07, 6.45) is 3.19. The number of ether oxygens (including phenoxy) is 2. The minimum absolute atomic E-state index is 0.151. The smallest absolute Gasteiger partial charge is 0.119 e. The largest absolute Gasteiger partial charge is 0.494 e. The first kappa shape index (κ1) is 16.0. The van der Waals surface area contributed by atoms with Gasteiger partial charge in [0.15, 0.2) is 0 Å². The molecule has 1 aromatic rings. The molecule has 1 aromatic carbocycles. The predicted molar refractivity (Wildman–Crippen MR) is 78.0 cm³/mol. The molecule has 0 saturated heterocycles. The van der Waals surface area contributed by atoms with Crippen molar-refractivity contribution in [3.8, 4) is 5.75 Å². The SMILES string of the molecule is CCCOc1ccc(C(CCC(C)OC)NN)cc1. The molecule has 0 fully saturated rings. The van der Waals surface area contributed by atoms with Crippen molar-refractivity contribution in [1.29, 1.82) is 0 Å². The lowest BCUT2D eigenvalue weighted by molar-refractivity contribution is 0.106. The number of methoxy groups -OCH3 is 1. The summed E-state index contributed by atoms with van der Waals surface area (Å²) in [5.41, 5.74) is 4.04. The third-order valence-electron chi connectivity index (χ3n) is 3.22. The topological polar surface area (TPSA) is 56.5 Å². The molecule has 4 nitrogen and oxygen atoms in total. The minimum atomic E-state index is 0.151. The van der Waals surface area contributed by atoms with Crippen molar-refractivity contribution >= 4 is 0 Å². The molecular formula is C15H26N2O2. The average Bonchev–Trinajstić information content (AvgIpc) is 2.46. The van der Waals surface area contributed by atoms with Gasteiger partial charge in [-0.2, -0.15) is 0 Å². The molecule has 3 N–H and O–H groups in total. The monoisotopic (exact) mass is 266 g/mol. The Balaban J connectivity index is 2.55. The summed E-state index contributed by atoms with van der Waals surface area (Å²) >= 11 is 0. The third kappa shape index (κ3) is 5.59. The highest BCUT2D eigenvalue weighted by molar-refractivity contribution is 5.29. The fourth-order valence-corrected chi connectivity index (χ4v) is 1.88. The van der Waals surface area contributed by atoms with E-state index >= 15 is 0 Å². The average molecular weight is 266 g/mol. The zero-order valence-electron chi connectivity index (χ0n) is 12.2. The van der Waals surface area contributed by atoms with Crippen LogP contribution in [0.3, 0.4) is 0 Å². The molecule has 0 amide bonds. The van der Waals surface area contributed by atoms with Gasteiger partial charge in [0, 0.05) is 13.2 Å². The Morgan fingerprint density at radius 2 is 1.89 bits per heavy atom. The summed E-state index contributed by atoms with van der Waals surface area (Å²) < 4.78 is 10.8. The van der Waals surface area contributed by atoms with Crippen molar-refractivity contribution in [3.05, 3.63) is 29.8 Å². The lowest BCUT2D eigenvalue weighted by atomic mass is 10.0. The van der Waals surface area contributed by atoms with Gasteiger partial charge in [0.05, 0.1) is 12.7 Å². The normalized spacial score (nSPS) is 14.1. The molecule has 4 heteroatoms. The van der Waals surface area contributed by atoms with Gasteiger partial charge < -0.3 is 9.47 Å². The van der Waals surface area contributed by atoms with Crippen LogP contribution in [0.1, 0.15) is 44.7 Å². The van der Waals surface area contributed by atoms with Crippen LogP contribution in [-0.4, -0.2) is 19.8 Å². The van der Waals surface area contributed by atoms with E-state index < -0.39 is 0 Å². The van der Waals surface area contributed by atoms with E-state index in [1.807, 2.05) is 12.1 Å². The summed E-state index contributed by atoms with van der Waals surface area (Å²) in [5.74, 6) is 6.54. The van der Waals surface area contributed by atoms with Gasteiger partial charge in [0.25, 0.3) is 0 Å². The molecule has 0 aliphatic heterocycles. The van der Waals surface area contributed by atoms with Crippen LogP contribution in [0.4, 0.5) is 0 Å². The van der Waals surface area contributed by atoms with E-state index in [1.54, 1.807) is 7.11 Å². The summed E-state index contributed by atoms with van der Waals surface area (Å²) in [6.45, 7) is 4.91. The van der Waals surface area contributed by atoms with Crippen LogP contribution >= 0.6 is 0 Å². The number of nitrogens with one attached hydrogen (secondary N) is 1. The molecule has 0 bridgehead atoms. The molecule has 1 rings (SSSR count). The fraction of sp³-hybridized carbons (Fsp3) is 0.600. The van der Waals surface area contributed by atoms with Gasteiger partial charge in [-0.3, -0.25) is 11.3 Å². The molecule has 108 valence electrons. The number of benzene rings is 1. The third-order valence-corrected chi connectivity index (χ3v) is 3.22. The van der Waals surface area contributed by atoms with E-state index in [0.29, 0.717) is 0 Å². The van der Waals surface area contributed by atoms with Crippen molar-refractivity contribution in [1.82, 2.24) is 5.43 Å². The standard InChI is InChI=1S/C15H26N2O2/c1-4-11-19-14-8-6-13(7-9-14)15(17-16)10-5-12(2)18-3/h6-9,12,15,17H,4-5,10-11,16H2,1-3H3. The highest BCUT2D eigenvalue weighted by Crippen LogP contribution is 2.22. The van der Waals surface area contributed by atoms with Gasteiger partial charge in [-0.25, -0.2) is 0 Å². The Kier molecular flexibility index (Phi) is 7.48. The van der Waals surface area contributed by atoms with Crippen molar-refractivity contribution in [2.75, 3.05) is 13.7 Å². The van der Waals surface area contributed by atoms with Gasteiger partial charge in [0.1, 0.15) is 5.75 Å². The molecule has 2 atom stereocenters. The van der Waals surface area contributed by atoms with Crippen LogP contribution in [0.25, 0.3) is 0 Å². The van der Waals surface area contributed by atoms with Crippen molar-refractivity contribution in [2.45, 2.75) is 45.3 Å². The van der Waals surface area contributed by atoms with Gasteiger partial charge >= 0.3 is 0 Å². The summed E-state index contributed by atoms with van der Waals surface area (Å²) in [7, 11) is 1.73. The second-order valence-corrected chi connectivity index (χ2v) is 4.76. The second kappa shape index (κ2) is 8.91. The predicted octanol–water partition coefficient (Wildman–Crippen LogP) is 2.79. The van der Waals surface area contributed by atoms with Gasteiger partial charge in [-0.05, 0) is 43.9 Å². The number of hydrogen-bond acceptors (Lipinski definition) is 4. The zero-order valence-corrected chi connectivity index (χ0v) is 12.2. The molecule has 0 aliphatic carbocycles. The van der Waals surface area contributed by atoms with Crippen LogP contribution in [-0.2, 0) is 4.74 Å². The van der Waals surface area contributed by atoms with E-state index in [-0.39, 0.29) is 12.1 Å². The molecule has 0 heterocycles. The fourth-order valence-electron chi connectivity index (χ4n) is 1.88. The zero-order chi connectivity index (χ0) is 14.1. The molecule has 0 radical (unpaired) electrons. The highest BCUT2D eigenvalue weighted by atomic mass is 16.5. The van der Waals surface area contributed by atoms with Crippen LogP contribution in [0.15, 0.2) is 24.3 Å². The van der Waals surface area contributed by atoms with Crippen LogP contribution in [0, 0.1) is 0 Å². The van der Waals surface area contributed by atoms with E-state index in [1.165, 1.54) is 5.56 Å². The Labute approximate surface area is 116 Å². The van der Waals surface area contributed by atoms with E-state index in [4.69, 9.17) is 15.3 Å². The first-order chi connectivity index (χ1) is 9.21. The number of rotatable bonds is 9. The lowest BCUT2D eigenvalue weighted by Crippen LogP contribution is -2.28. The molecule has 0 aromatic heterocycles. The molecule has 0 saturated carbocycles. The van der Waals surface area contributed by atoms with Crippen LogP contribution in [0.2, 0.25) is 0 Å². The quantitative estimate of drug-likeness (QED) is 0.533. The summed E-state index contributed by atoms with van der Waals surface area (Å²) in [4.78, 5) is 0. The van der Waals surface area contributed by atoms with Crippen molar-refractivity contribution in [2.24, 2.45) is 5.84 Å². The maximum absolute atomic E-state index is 5.63. The van der Waals surface area contributed by atoms with E-state index in [2.05, 4.69) is 31.4 Å². The van der Waals surface area contributed by atoms with Crippen molar-refractivity contribution < 1.29 is 9.47 Å². The lowest BCUT2D eigenvalue weighted by Gasteiger charge is -2.18. The van der Waals surface area contributed by atoms with E-state index in [9.17, 15) is 0 Å². The molecular weight excluding hydrogens is 240 g/mol. The molecule has 0 spiro atoms. The molecule has 0 aliphatic rings. The minimum Gasteiger partial charge on any atom is -0.494 e. The molecule has 19 heavy (non-hydrogen) atoms. The maximum atomic E-state index is 5.63. The van der Waals surface area contributed by atoms with Gasteiger partial charge in [0.2, 0.25) is 0 Å². The van der Waals surface area contributed by atoms with Gasteiger partial charge in [-0.1, -0.05) is 19.1 Å². The van der Waals surface area contributed by atoms with Crippen molar-refractivity contribution in [3.63, 3.8) is 0 Å². The first-order valence-electron chi connectivity index (χ1n) is 6.93. The number of hydrogen-bond donors (Lipinski definition) is 2. The molecule has 2 unspecified atom stereocenters. The van der Waals surface area contributed by atoms with Crippen LogP contribution in [0.5, 0.6) is 5.75 Å². The Morgan fingerprint density at radius 1 is 1.21 bits per heavy atom. The summed E-state index contributed by atoms with van der Waals surface area (Å²) in [6, 6.07) is 8.27. The maximum Gasteiger partial charge on any atom is 0.119 e. The van der Waals surface area contributed by atoms with E-state index in [0.717, 1.165) is 31.6 Å². The number of nitrogens with two attached hydrogens (primary N) is 1. The first-order valence-corrected chi connectivity index (χ1v) is 6.93.